The second kappa shape index (κ2) is 6.59. The summed E-state index contributed by atoms with van der Waals surface area (Å²) >= 11 is 1.75. The van der Waals surface area contributed by atoms with Gasteiger partial charge in [-0.2, -0.15) is 0 Å². The van der Waals surface area contributed by atoms with E-state index in [1.54, 1.807) is 11.3 Å². The topological polar surface area (TPSA) is 48.5 Å². The number of fused-ring (bicyclic) bond motifs is 1. The van der Waals surface area contributed by atoms with Crippen molar-refractivity contribution in [3.63, 3.8) is 0 Å². The van der Waals surface area contributed by atoms with Crippen LogP contribution in [0.5, 0.6) is 0 Å². The largest absolute Gasteiger partial charge is 0.345 e. The molecule has 2 heterocycles. The van der Waals surface area contributed by atoms with Gasteiger partial charge in [0.15, 0.2) is 5.13 Å². The van der Waals surface area contributed by atoms with Crippen molar-refractivity contribution in [3.05, 3.63) is 23.8 Å². The maximum absolute atomic E-state index is 12.4. The summed E-state index contributed by atoms with van der Waals surface area (Å²) < 4.78 is 1.24. The molecule has 6 heteroatoms. The standard InChI is InChI=1S/C18H24N4OS/c1-13-6-7-15-16(12-13)24-18(20-15)22-10-8-21(9-11-22)17(23)19-14-4-2-3-5-14/h6-7,12,14H,2-5,8-11H2,1H3,(H,19,23). The SMILES string of the molecule is Cc1ccc2nc(N3CCN(C(=O)NC4CCCC4)CC3)sc2c1. The number of anilines is 1. The molecule has 1 N–H and O–H groups in total. The first-order valence-corrected chi connectivity index (χ1v) is 9.68. The number of thiazole rings is 1. The van der Waals surface area contributed by atoms with E-state index >= 15 is 0 Å². The predicted octanol–water partition coefficient (Wildman–Crippen LogP) is 3.38. The lowest BCUT2D eigenvalue weighted by Gasteiger charge is -2.35. The van der Waals surface area contributed by atoms with Crippen molar-refractivity contribution in [2.45, 2.75) is 38.6 Å². The van der Waals surface area contributed by atoms with Crippen LogP contribution in [-0.4, -0.2) is 48.1 Å². The Hall–Kier alpha value is -1.82. The van der Waals surface area contributed by atoms with Crippen LogP contribution in [-0.2, 0) is 0 Å². The van der Waals surface area contributed by atoms with Crippen LogP contribution < -0.4 is 10.2 Å². The normalized spacial score (nSPS) is 19.2. The highest BCUT2D eigenvalue weighted by Gasteiger charge is 2.25. The number of aromatic nitrogens is 1. The molecule has 1 aliphatic carbocycles. The van der Waals surface area contributed by atoms with Gasteiger partial charge in [0.25, 0.3) is 0 Å². The molecule has 2 amide bonds. The minimum Gasteiger partial charge on any atom is -0.345 e. The number of rotatable bonds is 2. The van der Waals surface area contributed by atoms with Gasteiger partial charge in [-0.1, -0.05) is 30.2 Å². The van der Waals surface area contributed by atoms with Gasteiger partial charge < -0.3 is 15.1 Å². The molecule has 0 radical (unpaired) electrons. The number of hydrogen-bond acceptors (Lipinski definition) is 4. The molecule has 1 aliphatic heterocycles. The molecule has 24 heavy (non-hydrogen) atoms. The highest BCUT2D eigenvalue weighted by atomic mass is 32.1. The van der Waals surface area contributed by atoms with Crippen LogP contribution in [0.2, 0.25) is 0 Å². The van der Waals surface area contributed by atoms with Crippen LogP contribution in [0.25, 0.3) is 10.2 Å². The van der Waals surface area contributed by atoms with Gasteiger partial charge in [0.1, 0.15) is 0 Å². The highest BCUT2D eigenvalue weighted by molar-refractivity contribution is 7.22. The van der Waals surface area contributed by atoms with Crippen molar-refractivity contribution in [1.82, 2.24) is 15.2 Å². The number of nitrogens with zero attached hydrogens (tertiary/aromatic N) is 3. The van der Waals surface area contributed by atoms with E-state index in [1.165, 1.54) is 23.1 Å². The van der Waals surface area contributed by atoms with Gasteiger partial charge in [0, 0.05) is 32.2 Å². The lowest BCUT2D eigenvalue weighted by Crippen LogP contribution is -2.53. The Morgan fingerprint density at radius 3 is 2.71 bits per heavy atom. The Kier molecular flexibility index (Phi) is 4.31. The van der Waals surface area contributed by atoms with Gasteiger partial charge in [-0.15, -0.1) is 0 Å². The van der Waals surface area contributed by atoms with Gasteiger partial charge in [-0.3, -0.25) is 0 Å². The average Bonchev–Trinajstić information content (AvgIpc) is 3.24. The summed E-state index contributed by atoms with van der Waals surface area (Å²) in [6.07, 6.45) is 4.76. The maximum atomic E-state index is 12.4. The van der Waals surface area contributed by atoms with E-state index in [2.05, 4.69) is 35.3 Å². The number of benzene rings is 1. The zero-order valence-corrected chi connectivity index (χ0v) is 14.9. The molecule has 2 aliphatic rings. The Bertz CT molecular complexity index is 730. The summed E-state index contributed by atoms with van der Waals surface area (Å²) in [4.78, 5) is 21.4. The number of amides is 2. The zero-order valence-electron chi connectivity index (χ0n) is 14.1. The van der Waals surface area contributed by atoms with Crippen LogP contribution in [0.15, 0.2) is 18.2 Å². The maximum Gasteiger partial charge on any atom is 0.317 e. The molecule has 0 spiro atoms. The number of carbonyl (C=O) groups excluding carboxylic acids is 1. The lowest BCUT2D eigenvalue weighted by atomic mass is 10.2. The van der Waals surface area contributed by atoms with E-state index in [4.69, 9.17) is 4.98 Å². The van der Waals surface area contributed by atoms with Crippen LogP contribution in [0.1, 0.15) is 31.2 Å². The molecule has 0 bridgehead atoms. The highest BCUT2D eigenvalue weighted by Crippen LogP contribution is 2.30. The smallest absolute Gasteiger partial charge is 0.317 e. The van der Waals surface area contributed by atoms with Crippen molar-refractivity contribution in [2.75, 3.05) is 31.1 Å². The number of piperazine rings is 1. The number of hydrogen-bond donors (Lipinski definition) is 1. The first-order valence-electron chi connectivity index (χ1n) is 8.86. The Labute approximate surface area is 146 Å². The van der Waals surface area contributed by atoms with Crippen molar-refractivity contribution in [3.8, 4) is 0 Å². The van der Waals surface area contributed by atoms with E-state index in [-0.39, 0.29) is 6.03 Å². The van der Waals surface area contributed by atoms with E-state index in [9.17, 15) is 4.79 Å². The van der Waals surface area contributed by atoms with Gasteiger partial charge in [-0.05, 0) is 37.5 Å². The number of nitrogens with one attached hydrogen (secondary N) is 1. The molecule has 0 atom stereocenters. The predicted molar refractivity (Wildman–Crippen MR) is 98.9 cm³/mol. The molecule has 1 saturated carbocycles. The molecule has 5 nitrogen and oxygen atoms in total. The quantitative estimate of drug-likeness (QED) is 0.908. The summed E-state index contributed by atoms with van der Waals surface area (Å²) in [5.41, 5.74) is 2.34. The number of urea groups is 1. The zero-order chi connectivity index (χ0) is 16.5. The molecule has 1 saturated heterocycles. The van der Waals surface area contributed by atoms with E-state index in [0.29, 0.717) is 6.04 Å². The van der Waals surface area contributed by atoms with Crippen LogP contribution >= 0.6 is 11.3 Å². The molecule has 2 fully saturated rings. The summed E-state index contributed by atoms with van der Waals surface area (Å²) in [5, 5.41) is 4.26. The minimum absolute atomic E-state index is 0.112. The third-order valence-electron chi connectivity index (χ3n) is 5.05. The molecule has 0 unspecified atom stereocenters. The summed E-state index contributed by atoms with van der Waals surface area (Å²) in [6, 6.07) is 6.90. The van der Waals surface area contributed by atoms with E-state index in [1.807, 2.05) is 4.90 Å². The second-order valence-electron chi connectivity index (χ2n) is 6.87. The first kappa shape index (κ1) is 15.7. The fourth-order valence-electron chi connectivity index (χ4n) is 3.59. The molecular formula is C18H24N4OS. The average molecular weight is 344 g/mol. The summed E-state index contributed by atoms with van der Waals surface area (Å²) in [6.45, 7) is 5.37. The third kappa shape index (κ3) is 3.20. The van der Waals surface area contributed by atoms with Gasteiger partial charge in [0.05, 0.1) is 10.2 Å². The van der Waals surface area contributed by atoms with Crippen LogP contribution in [0.3, 0.4) is 0 Å². The minimum atomic E-state index is 0.112. The molecule has 4 rings (SSSR count). The second-order valence-corrected chi connectivity index (χ2v) is 7.88. The van der Waals surface area contributed by atoms with Gasteiger partial charge in [0.2, 0.25) is 0 Å². The van der Waals surface area contributed by atoms with Crippen molar-refractivity contribution < 1.29 is 4.79 Å². The summed E-state index contributed by atoms with van der Waals surface area (Å²) in [5.74, 6) is 0. The van der Waals surface area contributed by atoms with E-state index < -0.39 is 0 Å². The Morgan fingerprint density at radius 2 is 1.96 bits per heavy atom. The monoisotopic (exact) mass is 344 g/mol. The molecule has 128 valence electrons. The third-order valence-corrected chi connectivity index (χ3v) is 6.13. The van der Waals surface area contributed by atoms with Crippen molar-refractivity contribution >= 4 is 32.7 Å². The number of aryl methyl sites for hydroxylation is 1. The summed E-state index contributed by atoms with van der Waals surface area (Å²) in [7, 11) is 0. The Balaban J connectivity index is 1.37. The lowest BCUT2D eigenvalue weighted by molar-refractivity contribution is 0.190. The van der Waals surface area contributed by atoms with Crippen LogP contribution in [0, 0.1) is 6.92 Å². The van der Waals surface area contributed by atoms with Gasteiger partial charge in [-0.25, -0.2) is 9.78 Å². The molecule has 2 aromatic rings. The fraction of sp³-hybridized carbons (Fsp3) is 0.556. The first-order chi connectivity index (χ1) is 11.7. The Morgan fingerprint density at radius 1 is 1.21 bits per heavy atom. The van der Waals surface area contributed by atoms with Crippen LogP contribution in [0.4, 0.5) is 9.93 Å². The van der Waals surface area contributed by atoms with Crippen molar-refractivity contribution in [1.29, 1.82) is 0 Å². The fourth-order valence-corrected chi connectivity index (χ4v) is 4.71. The molecule has 1 aromatic heterocycles. The van der Waals surface area contributed by atoms with Gasteiger partial charge >= 0.3 is 6.03 Å². The number of carbonyl (C=O) groups is 1. The van der Waals surface area contributed by atoms with E-state index in [0.717, 1.165) is 49.7 Å². The molecule has 1 aromatic carbocycles. The van der Waals surface area contributed by atoms with Crippen molar-refractivity contribution in [2.24, 2.45) is 0 Å². The molecular weight excluding hydrogens is 320 g/mol.